The van der Waals surface area contributed by atoms with Crippen LogP contribution in [-0.2, 0) is 6.54 Å². The third-order valence-corrected chi connectivity index (χ3v) is 2.20. The zero-order valence-corrected chi connectivity index (χ0v) is 8.85. The quantitative estimate of drug-likeness (QED) is 0.826. The van der Waals surface area contributed by atoms with Gasteiger partial charge >= 0.3 is 0 Å². The Bertz CT molecular complexity index is 411. The monoisotopic (exact) mass is 203 g/mol. The molecule has 0 fully saturated rings. The number of aromatic nitrogens is 2. The molecule has 3 nitrogen and oxygen atoms in total. The standard InChI is InChI=1S/C12H15N3.H2/c1-2-10-15-12(8-9-13-15)14-11-6-4-3-5-7-11;/h3-9,14H,2,10H2,1H3;1H. The predicted octanol–water partition coefficient (Wildman–Crippen LogP) is 3.28. The van der Waals surface area contributed by atoms with Crippen LogP contribution in [-0.4, -0.2) is 9.78 Å². The first-order chi connectivity index (χ1) is 7.40. The van der Waals surface area contributed by atoms with Gasteiger partial charge in [0.25, 0.3) is 0 Å². The van der Waals surface area contributed by atoms with E-state index in [0.29, 0.717) is 0 Å². The Morgan fingerprint density at radius 2 is 2.07 bits per heavy atom. The van der Waals surface area contributed by atoms with E-state index in [1.807, 2.05) is 47.3 Å². The minimum absolute atomic E-state index is 0. The fraction of sp³-hybridized carbons (Fsp3) is 0.250. The SMILES string of the molecule is CCCn1nccc1Nc1ccccc1.[HH]. The van der Waals surface area contributed by atoms with Gasteiger partial charge in [-0.3, -0.25) is 0 Å². The third-order valence-electron chi connectivity index (χ3n) is 2.20. The number of aryl methyl sites for hydroxylation is 1. The van der Waals surface area contributed by atoms with Crippen LogP contribution in [0.4, 0.5) is 11.5 Å². The van der Waals surface area contributed by atoms with Gasteiger partial charge < -0.3 is 5.32 Å². The van der Waals surface area contributed by atoms with Crippen LogP contribution in [0.5, 0.6) is 0 Å². The van der Waals surface area contributed by atoms with E-state index < -0.39 is 0 Å². The van der Waals surface area contributed by atoms with E-state index in [1.54, 1.807) is 0 Å². The molecule has 0 saturated heterocycles. The molecular weight excluding hydrogens is 186 g/mol. The van der Waals surface area contributed by atoms with Crippen molar-refractivity contribution in [1.82, 2.24) is 9.78 Å². The molecule has 0 radical (unpaired) electrons. The summed E-state index contributed by atoms with van der Waals surface area (Å²) in [4.78, 5) is 0. The second-order valence-corrected chi connectivity index (χ2v) is 3.43. The van der Waals surface area contributed by atoms with Gasteiger partial charge in [-0.15, -0.1) is 0 Å². The highest BCUT2D eigenvalue weighted by Crippen LogP contribution is 2.15. The Hall–Kier alpha value is -1.77. The van der Waals surface area contributed by atoms with Gasteiger partial charge in [0.2, 0.25) is 0 Å². The molecule has 1 aromatic carbocycles. The molecule has 15 heavy (non-hydrogen) atoms. The fourth-order valence-corrected chi connectivity index (χ4v) is 1.50. The highest BCUT2D eigenvalue weighted by atomic mass is 15.3. The Morgan fingerprint density at radius 1 is 1.27 bits per heavy atom. The normalized spacial score (nSPS) is 10.2. The second-order valence-electron chi connectivity index (χ2n) is 3.43. The maximum absolute atomic E-state index is 4.26. The predicted molar refractivity (Wildman–Crippen MR) is 64.4 cm³/mol. The van der Waals surface area contributed by atoms with Crippen LogP contribution in [0.3, 0.4) is 0 Å². The molecule has 3 heteroatoms. The zero-order chi connectivity index (χ0) is 10.5. The molecule has 0 saturated carbocycles. The lowest BCUT2D eigenvalue weighted by Gasteiger charge is -2.08. The molecular formula is C12H17N3. The smallest absolute Gasteiger partial charge is 0.128 e. The van der Waals surface area contributed by atoms with Crippen LogP contribution in [0.1, 0.15) is 14.8 Å². The maximum atomic E-state index is 4.26. The molecule has 0 aliphatic carbocycles. The van der Waals surface area contributed by atoms with Crippen LogP contribution in [0, 0.1) is 0 Å². The lowest BCUT2D eigenvalue weighted by atomic mass is 10.3. The summed E-state index contributed by atoms with van der Waals surface area (Å²) in [5, 5.41) is 7.59. The van der Waals surface area contributed by atoms with Crippen molar-refractivity contribution in [3.8, 4) is 0 Å². The molecule has 0 atom stereocenters. The molecule has 0 amide bonds. The molecule has 1 N–H and O–H groups in total. The van der Waals surface area contributed by atoms with E-state index in [9.17, 15) is 0 Å². The lowest BCUT2D eigenvalue weighted by molar-refractivity contribution is 0.610. The molecule has 2 rings (SSSR count). The minimum Gasteiger partial charge on any atom is -0.340 e. The van der Waals surface area contributed by atoms with Gasteiger partial charge in [-0.25, -0.2) is 4.68 Å². The number of nitrogens with zero attached hydrogens (tertiary/aromatic N) is 2. The van der Waals surface area contributed by atoms with E-state index >= 15 is 0 Å². The summed E-state index contributed by atoms with van der Waals surface area (Å²) in [6.07, 6.45) is 2.91. The van der Waals surface area contributed by atoms with E-state index in [4.69, 9.17) is 0 Å². The summed E-state index contributed by atoms with van der Waals surface area (Å²) >= 11 is 0. The second kappa shape index (κ2) is 4.64. The van der Waals surface area contributed by atoms with Gasteiger partial charge in [-0.05, 0) is 18.6 Å². The lowest BCUT2D eigenvalue weighted by Crippen LogP contribution is -2.03. The summed E-state index contributed by atoms with van der Waals surface area (Å²) in [7, 11) is 0. The number of hydrogen-bond donors (Lipinski definition) is 1. The van der Waals surface area contributed by atoms with E-state index in [1.165, 1.54) is 0 Å². The van der Waals surface area contributed by atoms with Crippen LogP contribution in [0.25, 0.3) is 0 Å². The maximum Gasteiger partial charge on any atom is 0.128 e. The van der Waals surface area contributed by atoms with Gasteiger partial charge in [0, 0.05) is 19.7 Å². The average Bonchev–Trinajstić information content (AvgIpc) is 2.68. The first kappa shape index (κ1) is 9.77. The molecule has 1 aromatic heterocycles. The van der Waals surface area contributed by atoms with Crippen molar-refractivity contribution in [2.24, 2.45) is 0 Å². The Labute approximate surface area is 91.2 Å². The number of rotatable bonds is 4. The van der Waals surface area contributed by atoms with Crippen LogP contribution in [0.2, 0.25) is 0 Å². The summed E-state index contributed by atoms with van der Waals surface area (Å²) in [5.74, 6) is 1.04. The molecule has 1 heterocycles. The van der Waals surface area contributed by atoms with Gasteiger partial charge in [0.15, 0.2) is 0 Å². The highest BCUT2D eigenvalue weighted by Gasteiger charge is 2.00. The van der Waals surface area contributed by atoms with E-state index in [2.05, 4.69) is 17.3 Å². The summed E-state index contributed by atoms with van der Waals surface area (Å²) in [6, 6.07) is 12.1. The van der Waals surface area contributed by atoms with Crippen molar-refractivity contribution >= 4 is 11.5 Å². The van der Waals surface area contributed by atoms with Crippen molar-refractivity contribution < 1.29 is 1.43 Å². The van der Waals surface area contributed by atoms with Gasteiger partial charge in [0.1, 0.15) is 5.82 Å². The van der Waals surface area contributed by atoms with Crippen LogP contribution < -0.4 is 5.32 Å². The number of nitrogens with one attached hydrogen (secondary N) is 1. The summed E-state index contributed by atoms with van der Waals surface area (Å²) < 4.78 is 1.98. The van der Waals surface area contributed by atoms with Gasteiger partial charge in [0.05, 0.1) is 6.20 Å². The Morgan fingerprint density at radius 3 is 2.80 bits per heavy atom. The number of benzene rings is 1. The summed E-state index contributed by atoms with van der Waals surface area (Å²) in [5.41, 5.74) is 1.09. The summed E-state index contributed by atoms with van der Waals surface area (Å²) in [6.45, 7) is 3.09. The minimum atomic E-state index is 0. The van der Waals surface area contributed by atoms with Crippen molar-refractivity contribution in [2.45, 2.75) is 19.9 Å². The average molecular weight is 203 g/mol. The van der Waals surface area contributed by atoms with Crippen molar-refractivity contribution in [3.63, 3.8) is 0 Å². The molecule has 0 unspecified atom stereocenters. The fourth-order valence-electron chi connectivity index (χ4n) is 1.50. The molecule has 0 aliphatic rings. The zero-order valence-electron chi connectivity index (χ0n) is 8.85. The van der Waals surface area contributed by atoms with Crippen LogP contribution in [0.15, 0.2) is 42.6 Å². The van der Waals surface area contributed by atoms with Crippen molar-refractivity contribution in [1.29, 1.82) is 0 Å². The molecule has 2 aromatic rings. The largest absolute Gasteiger partial charge is 0.340 e. The van der Waals surface area contributed by atoms with Crippen molar-refractivity contribution in [2.75, 3.05) is 5.32 Å². The third kappa shape index (κ3) is 2.37. The molecule has 80 valence electrons. The number of anilines is 2. The molecule has 0 spiro atoms. The van der Waals surface area contributed by atoms with E-state index in [0.717, 1.165) is 24.5 Å². The topological polar surface area (TPSA) is 29.9 Å². The Kier molecular flexibility index (Phi) is 3.02. The van der Waals surface area contributed by atoms with E-state index in [-0.39, 0.29) is 1.43 Å². The van der Waals surface area contributed by atoms with Crippen molar-refractivity contribution in [3.05, 3.63) is 42.6 Å². The Balaban J connectivity index is 0.00000128. The number of para-hydroxylation sites is 1. The first-order valence-corrected chi connectivity index (χ1v) is 5.24. The molecule has 0 bridgehead atoms. The molecule has 0 aliphatic heterocycles. The van der Waals surface area contributed by atoms with Crippen LogP contribution >= 0.6 is 0 Å². The number of hydrogen-bond acceptors (Lipinski definition) is 2. The first-order valence-electron chi connectivity index (χ1n) is 5.24. The van der Waals surface area contributed by atoms with Gasteiger partial charge in [-0.1, -0.05) is 25.1 Å². The highest BCUT2D eigenvalue weighted by molar-refractivity contribution is 5.55. The van der Waals surface area contributed by atoms with Gasteiger partial charge in [-0.2, -0.15) is 5.10 Å².